The van der Waals surface area contributed by atoms with Crippen molar-refractivity contribution in [2.24, 2.45) is 0 Å². The van der Waals surface area contributed by atoms with Crippen LogP contribution in [0.3, 0.4) is 0 Å². The van der Waals surface area contributed by atoms with Crippen LogP contribution in [0.5, 0.6) is 11.5 Å². The van der Waals surface area contributed by atoms with Crippen LogP contribution in [-0.2, 0) is 6.42 Å². The Balaban J connectivity index is 1.61. The highest BCUT2D eigenvalue weighted by molar-refractivity contribution is 5.31. The summed E-state index contributed by atoms with van der Waals surface area (Å²) in [7, 11) is 0. The zero-order valence-corrected chi connectivity index (χ0v) is 12.6. The lowest BCUT2D eigenvalue weighted by Crippen LogP contribution is -2.22. The van der Waals surface area contributed by atoms with Crippen molar-refractivity contribution in [3.63, 3.8) is 0 Å². The van der Waals surface area contributed by atoms with E-state index in [1.807, 2.05) is 18.2 Å². The fourth-order valence-corrected chi connectivity index (χ4v) is 2.34. The Hall–Kier alpha value is -2.04. The largest absolute Gasteiger partial charge is 0.508 e. The van der Waals surface area contributed by atoms with Crippen molar-refractivity contribution in [2.75, 3.05) is 13.1 Å². The molecule has 4 heteroatoms. The van der Waals surface area contributed by atoms with Gasteiger partial charge in [-0.2, -0.15) is 0 Å². The average Bonchev–Trinajstić information content (AvgIpc) is 2.53. The predicted molar refractivity (Wildman–Crippen MR) is 87.0 cm³/mol. The molecule has 4 N–H and O–H groups in total. The fourth-order valence-electron chi connectivity index (χ4n) is 2.34. The van der Waals surface area contributed by atoms with E-state index in [-0.39, 0.29) is 5.75 Å². The van der Waals surface area contributed by atoms with Crippen molar-refractivity contribution in [1.82, 2.24) is 5.32 Å². The maximum atomic E-state index is 10.0. The SMILES string of the molecule is Oc1ccc(C(O)CNCCCCc2ccccc2O)cc1. The third-order valence-electron chi connectivity index (χ3n) is 3.66. The minimum Gasteiger partial charge on any atom is -0.508 e. The van der Waals surface area contributed by atoms with Crippen LogP contribution in [0.1, 0.15) is 30.1 Å². The molecule has 0 heterocycles. The number of para-hydroxylation sites is 1. The van der Waals surface area contributed by atoms with Gasteiger partial charge in [0.25, 0.3) is 0 Å². The van der Waals surface area contributed by atoms with Crippen molar-refractivity contribution >= 4 is 0 Å². The molecule has 2 aromatic rings. The van der Waals surface area contributed by atoms with E-state index in [4.69, 9.17) is 0 Å². The van der Waals surface area contributed by atoms with E-state index in [1.54, 1.807) is 30.3 Å². The molecule has 0 bridgehead atoms. The average molecular weight is 301 g/mol. The van der Waals surface area contributed by atoms with E-state index >= 15 is 0 Å². The van der Waals surface area contributed by atoms with Crippen molar-refractivity contribution in [1.29, 1.82) is 0 Å². The van der Waals surface area contributed by atoms with E-state index in [0.717, 1.165) is 36.9 Å². The van der Waals surface area contributed by atoms with Gasteiger partial charge in [0.05, 0.1) is 6.10 Å². The van der Waals surface area contributed by atoms with Gasteiger partial charge < -0.3 is 20.6 Å². The Labute approximate surface area is 131 Å². The summed E-state index contributed by atoms with van der Waals surface area (Å²) < 4.78 is 0. The Morgan fingerprint density at radius 2 is 1.64 bits per heavy atom. The summed E-state index contributed by atoms with van der Waals surface area (Å²) in [5.41, 5.74) is 1.77. The normalized spacial score (nSPS) is 12.2. The summed E-state index contributed by atoms with van der Waals surface area (Å²) >= 11 is 0. The van der Waals surface area contributed by atoms with E-state index in [9.17, 15) is 15.3 Å². The third-order valence-corrected chi connectivity index (χ3v) is 3.66. The van der Waals surface area contributed by atoms with Crippen molar-refractivity contribution in [3.8, 4) is 11.5 Å². The molecule has 2 rings (SSSR count). The van der Waals surface area contributed by atoms with E-state index in [2.05, 4.69) is 5.32 Å². The first-order valence-corrected chi connectivity index (χ1v) is 7.61. The number of aryl methyl sites for hydroxylation is 1. The van der Waals surface area contributed by atoms with Gasteiger partial charge >= 0.3 is 0 Å². The molecule has 0 spiro atoms. The molecule has 1 unspecified atom stereocenters. The number of aromatic hydroxyl groups is 2. The van der Waals surface area contributed by atoms with Crippen LogP contribution in [0.25, 0.3) is 0 Å². The second kappa shape index (κ2) is 8.41. The first kappa shape index (κ1) is 16.3. The maximum Gasteiger partial charge on any atom is 0.118 e. The fraction of sp³-hybridized carbons (Fsp3) is 0.333. The number of benzene rings is 2. The number of phenolic OH excluding ortho intramolecular Hbond substituents is 2. The molecule has 0 radical (unpaired) electrons. The summed E-state index contributed by atoms with van der Waals surface area (Å²) in [4.78, 5) is 0. The van der Waals surface area contributed by atoms with Gasteiger partial charge in [0.2, 0.25) is 0 Å². The van der Waals surface area contributed by atoms with Gasteiger partial charge in [-0.25, -0.2) is 0 Å². The Morgan fingerprint density at radius 3 is 2.36 bits per heavy atom. The van der Waals surface area contributed by atoms with Gasteiger partial charge in [0.15, 0.2) is 0 Å². The van der Waals surface area contributed by atoms with Crippen molar-refractivity contribution in [2.45, 2.75) is 25.4 Å². The smallest absolute Gasteiger partial charge is 0.118 e. The minimum atomic E-state index is -0.571. The van der Waals surface area contributed by atoms with Crippen LogP contribution in [0.4, 0.5) is 0 Å². The number of phenols is 2. The molecule has 22 heavy (non-hydrogen) atoms. The van der Waals surface area contributed by atoms with Crippen LogP contribution >= 0.6 is 0 Å². The zero-order chi connectivity index (χ0) is 15.8. The van der Waals surface area contributed by atoms with Gasteiger partial charge in [-0.3, -0.25) is 0 Å². The standard InChI is InChI=1S/C18H23NO3/c20-16-10-8-15(9-11-16)18(22)13-19-12-4-3-6-14-5-1-2-7-17(14)21/h1-2,5,7-11,18-22H,3-4,6,12-13H2. The highest BCUT2D eigenvalue weighted by Gasteiger charge is 2.06. The quantitative estimate of drug-likeness (QED) is 0.566. The molecule has 0 aliphatic carbocycles. The molecule has 0 saturated heterocycles. The molecule has 1 atom stereocenters. The molecule has 0 amide bonds. The van der Waals surface area contributed by atoms with Crippen LogP contribution < -0.4 is 5.32 Å². The summed E-state index contributed by atoms with van der Waals surface area (Å²) in [5, 5.41) is 32.1. The van der Waals surface area contributed by atoms with Crippen molar-refractivity contribution in [3.05, 3.63) is 59.7 Å². The molecule has 0 fully saturated rings. The van der Waals surface area contributed by atoms with Crippen molar-refractivity contribution < 1.29 is 15.3 Å². The van der Waals surface area contributed by atoms with E-state index in [0.29, 0.717) is 12.3 Å². The van der Waals surface area contributed by atoms with Crippen LogP contribution in [0.2, 0.25) is 0 Å². The van der Waals surface area contributed by atoms with Crippen LogP contribution in [0.15, 0.2) is 48.5 Å². The number of rotatable bonds is 8. The lowest BCUT2D eigenvalue weighted by molar-refractivity contribution is 0.174. The first-order chi connectivity index (χ1) is 10.7. The summed E-state index contributed by atoms with van der Waals surface area (Å²) in [6.07, 6.45) is 2.25. The topological polar surface area (TPSA) is 72.7 Å². The summed E-state index contributed by atoms with van der Waals surface area (Å²) in [5.74, 6) is 0.561. The second-order valence-corrected chi connectivity index (χ2v) is 5.40. The Morgan fingerprint density at radius 1 is 0.909 bits per heavy atom. The van der Waals surface area contributed by atoms with E-state index < -0.39 is 6.10 Å². The molecule has 0 aliphatic rings. The van der Waals surface area contributed by atoms with Gasteiger partial charge in [0, 0.05) is 6.54 Å². The summed E-state index contributed by atoms with van der Waals surface area (Å²) in [6, 6.07) is 14.0. The molecule has 0 aromatic heterocycles. The lowest BCUT2D eigenvalue weighted by Gasteiger charge is -2.12. The number of aliphatic hydroxyl groups is 1. The highest BCUT2D eigenvalue weighted by Crippen LogP contribution is 2.18. The lowest BCUT2D eigenvalue weighted by atomic mass is 10.1. The van der Waals surface area contributed by atoms with E-state index in [1.165, 1.54) is 0 Å². The highest BCUT2D eigenvalue weighted by atomic mass is 16.3. The molecule has 4 nitrogen and oxygen atoms in total. The molecule has 118 valence electrons. The number of unbranched alkanes of at least 4 members (excludes halogenated alkanes) is 1. The molecule has 0 aliphatic heterocycles. The first-order valence-electron chi connectivity index (χ1n) is 7.61. The van der Waals surface area contributed by atoms with Crippen LogP contribution in [-0.4, -0.2) is 28.4 Å². The van der Waals surface area contributed by atoms with Gasteiger partial charge in [-0.05, 0) is 55.1 Å². The maximum absolute atomic E-state index is 10.0. The number of aliphatic hydroxyl groups excluding tert-OH is 1. The molecular formula is C18H23NO3. The monoisotopic (exact) mass is 301 g/mol. The number of nitrogens with one attached hydrogen (secondary N) is 1. The zero-order valence-electron chi connectivity index (χ0n) is 12.6. The molecule has 0 saturated carbocycles. The van der Waals surface area contributed by atoms with Gasteiger partial charge in [-0.1, -0.05) is 30.3 Å². The third kappa shape index (κ3) is 5.06. The van der Waals surface area contributed by atoms with Gasteiger partial charge in [-0.15, -0.1) is 0 Å². The van der Waals surface area contributed by atoms with Gasteiger partial charge in [0.1, 0.15) is 11.5 Å². The number of hydrogen-bond donors (Lipinski definition) is 4. The number of hydrogen-bond acceptors (Lipinski definition) is 4. The predicted octanol–water partition coefficient (Wildman–Crippen LogP) is 2.74. The Bertz CT molecular complexity index is 569. The molecule has 2 aromatic carbocycles. The van der Waals surface area contributed by atoms with Crippen LogP contribution in [0, 0.1) is 0 Å². The molecular weight excluding hydrogens is 278 g/mol. The summed E-state index contributed by atoms with van der Waals surface area (Å²) in [6.45, 7) is 1.31. The minimum absolute atomic E-state index is 0.202. The Kier molecular flexibility index (Phi) is 6.25. The second-order valence-electron chi connectivity index (χ2n) is 5.40.